The van der Waals surface area contributed by atoms with Crippen molar-refractivity contribution in [2.75, 3.05) is 7.11 Å². The molecular formula is C40H36N4O2Pt. The van der Waals surface area contributed by atoms with Crippen molar-refractivity contribution in [2.24, 2.45) is 0 Å². The molecule has 0 spiro atoms. The molecule has 0 aliphatic rings. The molecule has 47 heavy (non-hydrogen) atoms. The Labute approximate surface area is 290 Å². The summed E-state index contributed by atoms with van der Waals surface area (Å²) < 4.78 is 16.2. The third kappa shape index (κ3) is 5.76. The maximum Gasteiger partial charge on any atom is 2.00 e. The van der Waals surface area contributed by atoms with Crippen LogP contribution in [0.15, 0.2) is 85.1 Å². The van der Waals surface area contributed by atoms with Gasteiger partial charge in [0.25, 0.3) is 0 Å². The molecule has 0 saturated carbocycles. The normalized spacial score (nSPS) is 11.2. The van der Waals surface area contributed by atoms with E-state index in [0.717, 1.165) is 68.9 Å². The number of aromatic nitrogens is 4. The molecule has 0 saturated heterocycles. The summed E-state index contributed by atoms with van der Waals surface area (Å²) in [6.45, 7) is 10.7. The van der Waals surface area contributed by atoms with Crippen LogP contribution in [0.1, 0.15) is 41.9 Å². The minimum Gasteiger partial charge on any atom is -0.509 e. The molecule has 7 rings (SSSR count). The second kappa shape index (κ2) is 13.2. The third-order valence-corrected chi connectivity index (χ3v) is 8.60. The van der Waals surface area contributed by atoms with Crippen molar-refractivity contribution < 1.29 is 30.5 Å². The van der Waals surface area contributed by atoms with E-state index in [1.807, 2.05) is 41.2 Å². The zero-order chi connectivity index (χ0) is 31.9. The van der Waals surface area contributed by atoms with Crippen LogP contribution in [-0.2, 0) is 33.9 Å². The summed E-state index contributed by atoms with van der Waals surface area (Å²) in [5, 5.41) is 7.36. The predicted octanol–water partition coefficient (Wildman–Crippen LogP) is 9.48. The second-order valence-corrected chi connectivity index (χ2v) is 11.7. The van der Waals surface area contributed by atoms with Gasteiger partial charge in [-0.05, 0) is 97.3 Å². The maximum absolute atomic E-state index is 6.44. The third-order valence-electron chi connectivity index (χ3n) is 8.60. The van der Waals surface area contributed by atoms with Crippen molar-refractivity contribution in [3.63, 3.8) is 0 Å². The molecule has 0 aliphatic heterocycles. The number of methoxy groups -OCH3 is 1. The first-order chi connectivity index (χ1) is 22.4. The molecular weight excluding hydrogens is 764 g/mol. The summed E-state index contributed by atoms with van der Waals surface area (Å²) in [5.41, 5.74) is 10.9. The quantitative estimate of drug-likeness (QED) is 0.144. The molecule has 3 heterocycles. The number of benzene rings is 4. The molecule has 0 fully saturated rings. The van der Waals surface area contributed by atoms with Crippen molar-refractivity contribution >= 4 is 21.8 Å². The fraction of sp³-hybridized carbons (Fsp3) is 0.200. The average Bonchev–Trinajstić information content (AvgIpc) is 3.59. The fourth-order valence-corrected chi connectivity index (χ4v) is 6.55. The van der Waals surface area contributed by atoms with E-state index in [2.05, 4.69) is 99.8 Å². The minimum absolute atomic E-state index is 0. The Kier molecular flexibility index (Phi) is 9.07. The number of rotatable bonds is 8. The zero-order valence-corrected chi connectivity index (χ0v) is 29.7. The van der Waals surface area contributed by atoms with Crippen molar-refractivity contribution in [2.45, 2.75) is 47.5 Å². The molecule has 0 amide bonds. The number of aryl methyl sites for hydroxylation is 4. The van der Waals surface area contributed by atoms with Gasteiger partial charge in [0.15, 0.2) is 0 Å². The van der Waals surface area contributed by atoms with E-state index < -0.39 is 0 Å². The van der Waals surface area contributed by atoms with Crippen LogP contribution in [0.25, 0.3) is 44.4 Å². The van der Waals surface area contributed by atoms with Crippen molar-refractivity contribution in [1.29, 1.82) is 0 Å². The van der Waals surface area contributed by atoms with Gasteiger partial charge in [0, 0.05) is 34.5 Å². The number of fused-ring (bicyclic) bond motifs is 3. The molecule has 0 radical (unpaired) electrons. The van der Waals surface area contributed by atoms with Crippen LogP contribution in [-0.4, -0.2) is 26.4 Å². The summed E-state index contributed by atoms with van der Waals surface area (Å²) in [6.07, 6.45) is 3.47. The van der Waals surface area contributed by atoms with Gasteiger partial charge in [0.1, 0.15) is 11.6 Å². The molecule has 238 valence electrons. The SMILES string of the molecule is CCc1nn(-c2[c-]c(Oc3[c-]c4c(cc3)c3ccccc3n4-c3cc(C)ccn3)ccc2)c(CC)c1-c1c(C)cc(OC)cc1C.[Pt+2]. The number of ether oxygens (including phenoxy) is 2. The van der Waals surface area contributed by atoms with Crippen LogP contribution >= 0.6 is 0 Å². The van der Waals surface area contributed by atoms with Crippen LogP contribution in [0, 0.1) is 32.9 Å². The Bertz CT molecular complexity index is 2220. The van der Waals surface area contributed by atoms with Crippen molar-refractivity contribution in [3.8, 4) is 39.9 Å². The van der Waals surface area contributed by atoms with Gasteiger partial charge in [-0.15, -0.1) is 35.7 Å². The second-order valence-electron chi connectivity index (χ2n) is 11.7. The predicted molar refractivity (Wildman–Crippen MR) is 185 cm³/mol. The molecule has 0 bridgehead atoms. The van der Waals surface area contributed by atoms with Gasteiger partial charge in [-0.2, -0.15) is 17.2 Å². The first-order valence-corrected chi connectivity index (χ1v) is 15.8. The van der Waals surface area contributed by atoms with Crippen molar-refractivity contribution in [3.05, 3.63) is 125 Å². The Morgan fingerprint density at radius 3 is 2.26 bits per heavy atom. The van der Waals surface area contributed by atoms with E-state index >= 15 is 0 Å². The standard InChI is InChI=1S/C40H36N4O2.Pt/c1-7-34-40(39-26(4)21-31(45-6)22-27(39)5)35(8-2)44(42-34)28-12-11-13-29(23-28)46-30-16-17-33-32-14-9-10-15-36(32)43(37(33)24-30)38-20-25(3)18-19-41-38;/h9-22H,7-8H2,1-6H3;/q-2;+2. The van der Waals surface area contributed by atoms with Crippen LogP contribution in [0.2, 0.25) is 0 Å². The van der Waals surface area contributed by atoms with E-state index in [4.69, 9.17) is 19.6 Å². The molecule has 7 aromatic rings. The Balaban J connectivity index is 0.00000386. The summed E-state index contributed by atoms with van der Waals surface area (Å²) in [5.74, 6) is 2.92. The van der Waals surface area contributed by atoms with Gasteiger partial charge in [-0.1, -0.05) is 37.6 Å². The van der Waals surface area contributed by atoms with Gasteiger partial charge in [-0.3, -0.25) is 4.68 Å². The van der Waals surface area contributed by atoms with Crippen molar-refractivity contribution in [1.82, 2.24) is 19.3 Å². The molecule has 0 aliphatic carbocycles. The Morgan fingerprint density at radius 2 is 1.53 bits per heavy atom. The van der Waals surface area contributed by atoms with Gasteiger partial charge >= 0.3 is 21.1 Å². The number of hydrogen-bond donors (Lipinski definition) is 0. The molecule has 4 aromatic carbocycles. The van der Waals surface area contributed by atoms with E-state index in [9.17, 15) is 0 Å². The largest absolute Gasteiger partial charge is 2.00 e. The Morgan fingerprint density at radius 1 is 0.766 bits per heavy atom. The van der Waals surface area contributed by atoms with Gasteiger partial charge in [0.2, 0.25) is 0 Å². The topological polar surface area (TPSA) is 54.1 Å². The smallest absolute Gasteiger partial charge is 0.509 e. The molecule has 6 nitrogen and oxygen atoms in total. The summed E-state index contributed by atoms with van der Waals surface area (Å²) in [4.78, 5) is 4.69. The number of para-hydroxylation sites is 1. The number of hydrogen-bond acceptors (Lipinski definition) is 4. The number of pyridine rings is 1. The van der Waals surface area contributed by atoms with E-state index in [-0.39, 0.29) is 21.1 Å². The molecule has 0 N–H and O–H groups in total. The van der Waals surface area contributed by atoms with Gasteiger partial charge in [-0.25, -0.2) is 4.98 Å². The van der Waals surface area contributed by atoms with E-state index in [0.29, 0.717) is 11.5 Å². The monoisotopic (exact) mass is 799 g/mol. The van der Waals surface area contributed by atoms with Crippen LogP contribution in [0.4, 0.5) is 0 Å². The van der Waals surface area contributed by atoms with E-state index in [1.165, 1.54) is 22.3 Å². The first kappa shape index (κ1) is 32.3. The zero-order valence-electron chi connectivity index (χ0n) is 27.4. The van der Waals surface area contributed by atoms with Crippen LogP contribution in [0.3, 0.4) is 0 Å². The van der Waals surface area contributed by atoms with Crippen LogP contribution < -0.4 is 9.47 Å². The molecule has 3 aromatic heterocycles. The summed E-state index contributed by atoms with van der Waals surface area (Å²) >= 11 is 0. The summed E-state index contributed by atoms with van der Waals surface area (Å²) in [7, 11) is 1.71. The van der Waals surface area contributed by atoms with Gasteiger partial charge < -0.3 is 14.0 Å². The molecule has 0 unspecified atom stereocenters. The van der Waals surface area contributed by atoms with Gasteiger partial charge in [0.05, 0.1) is 12.8 Å². The van der Waals surface area contributed by atoms with E-state index in [1.54, 1.807) is 7.11 Å². The fourth-order valence-electron chi connectivity index (χ4n) is 6.55. The molecule has 7 heteroatoms. The molecule has 0 atom stereocenters. The maximum atomic E-state index is 6.44. The Hall–Kier alpha value is -4.67. The number of nitrogens with zero attached hydrogens (tertiary/aromatic N) is 4. The average molecular weight is 800 g/mol. The van der Waals surface area contributed by atoms with Crippen LogP contribution in [0.5, 0.6) is 17.2 Å². The summed E-state index contributed by atoms with van der Waals surface area (Å²) in [6, 6.07) is 33.7. The first-order valence-electron chi connectivity index (χ1n) is 15.8. The minimum atomic E-state index is 0.